The number of guanidine groups is 1. The first-order valence-electron chi connectivity index (χ1n) is 8.45. The molecule has 0 aromatic heterocycles. The summed E-state index contributed by atoms with van der Waals surface area (Å²) in [6, 6.07) is 1.10. The highest BCUT2D eigenvalue weighted by Crippen LogP contribution is 2.18. The van der Waals surface area contributed by atoms with Crippen molar-refractivity contribution in [3.05, 3.63) is 0 Å². The summed E-state index contributed by atoms with van der Waals surface area (Å²) in [5.41, 5.74) is 0. The van der Waals surface area contributed by atoms with Gasteiger partial charge in [0, 0.05) is 51.5 Å². The van der Waals surface area contributed by atoms with Gasteiger partial charge >= 0.3 is 0 Å². The normalized spacial score (nSPS) is 23.8. The molecule has 5 heteroatoms. The molecule has 124 valence electrons. The van der Waals surface area contributed by atoms with E-state index in [9.17, 15) is 0 Å². The van der Waals surface area contributed by atoms with E-state index in [0.717, 1.165) is 45.2 Å². The van der Waals surface area contributed by atoms with Crippen molar-refractivity contribution < 1.29 is 4.74 Å². The highest BCUT2D eigenvalue weighted by Gasteiger charge is 2.31. The van der Waals surface area contributed by atoms with Gasteiger partial charge in [-0.25, -0.2) is 0 Å². The van der Waals surface area contributed by atoms with E-state index in [1.807, 2.05) is 6.92 Å². The Hall–Kier alpha value is -0.810. The first-order valence-corrected chi connectivity index (χ1v) is 8.45. The van der Waals surface area contributed by atoms with Crippen LogP contribution in [-0.4, -0.2) is 62.3 Å². The largest absolute Gasteiger partial charge is 0.382 e. The summed E-state index contributed by atoms with van der Waals surface area (Å²) in [6.07, 6.45) is 0.975. The summed E-state index contributed by atoms with van der Waals surface area (Å²) in [5, 5.41) is 6.94. The lowest BCUT2D eigenvalue weighted by molar-refractivity contribution is 0.146. The van der Waals surface area contributed by atoms with E-state index in [2.05, 4.69) is 48.2 Å². The average Bonchev–Trinajstić information content (AvgIpc) is 2.80. The van der Waals surface area contributed by atoms with E-state index >= 15 is 0 Å². The molecule has 0 spiro atoms. The standard InChI is InChI=1S/C16H34N4O/c1-6-17-16(18-9-8-10-21-7-2)19-15-12-20(13(3)4)11-14(15)5/h13-15H,6-12H2,1-5H3,(H2,17,18,19). The van der Waals surface area contributed by atoms with E-state index in [-0.39, 0.29) is 0 Å². The maximum absolute atomic E-state index is 5.35. The fourth-order valence-corrected chi connectivity index (χ4v) is 2.61. The lowest BCUT2D eigenvalue weighted by Crippen LogP contribution is -2.46. The summed E-state index contributed by atoms with van der Waals surface area (Å²) in [7, 11) is 0. The van der Waals surface area contributed by atoms with Gasteiger partial charge in [0.15, 0.2) is 5.96 Å². The van der Waals surface area contributed by atoms with Crippen molar-refractivity contribution >= 4 is 5.96 Å². The number of rotatable bonds is 8. The average molecular weight is 298 g/mol. The minimum Gasteiger partial charge on any atom is -0.382 e. The summed E-state index contributed by atoms with van der Waals surface area (Å²) >= 11 is 0. The fourth-order valence-electron chi connectivity index (χ4n) is 2.61. The monoisotopic (exact) mass is 298 g/mol. The van der Waals surface area contributed by atoms with Gasteiger partial charge in [-0.05, 0) is 40.0 Å². The Balaban J connectivity index is 2.44. The molecule has 0 aliphatic carbocycles. The van der Waals surface area contributed by atoms with Crippen molar-refractivity contribution in [3.8, 4) is 0 Å². The number of likely N-dealkylation sites (tertiary alicyclic amines) is 1. The van der Waals surface area contributed by atoms with Crippen molar-refractivity contribution in [2.24, 2.45) is 10.9 Å². The van der Waals surface area contributed by atoms with Crippen LogP contribution in [0.25, 0.3) is 0 Å². The third-order valence-electron chi connectivity index (χ3n) is 3.96. The molecule has 0 saturated carbocycles. The molecule has 0 radical (unpaired) electrons. The van der Waals surface area contributed by atoms with Gasteiger partial charge in [0.2, 0.25) is 0 Å². The van der Waals surface area contributed by atoms with Crippen molar-refractivity contribution in [2.45, 2.75) is 53.1 Å². The summed E-state index contributed by atoms with van der Waals surface area (Å²) < 4.78 is 5.35. The number of nitrogens with one attached hydrogen (secondary N) is 2. The first-order chi connectivity index (χ1) is 10.1. The quantitative estimate of drug-likeness (QED) is 0.407. The Morgan fingerprint density at radius 2 is 2.10 bits per heavy atom. The molecule has 0 bridgehead atoms. The lowest BCUT2D eigenvalue weighted by Gasteiger charge is -2.21. The third-order valence-corrected chi connectivity index (χ3v) is 3.96. The molecule has 21 heavy (non-hydrogen) atoms. The second-order valence-electron chi connectivity index (χ2n) is 6.09. The zero-order chi connectivity index (χ0) is 15.7. The van der Waals surface area contributed by atoms with Crippen molar-refractivity contribution in [3.63, 3.8) is 0 Å². The molecule has 0 aromatic rings. The van der Waals surface area contributed by atoms with Gasteiger partial charge in [-0.1, -0.05) is 6.92 Å². The lowest BCUT2D eigenvalue weighted by atomic mass is 10.1. The number of hydrogen-bond donors (Lipinski definition) is 2. The topological polar surface area (TPSA) is 48.9 Å². The molecule has 1 heterocycles. The zero-order valence-electron chi connectivity index (χ0n) is 14.5. The third kappa shape index (κ3) is 6.66. The van der Waals surface area contributed by atoms with Crippen LogP contribution in [0.15, 0.2) is 4.99 Å². The SMILES string of the molecule is CCNC(=NCCCOCC)NC1CN(C(C)C)CC1C. The van der Waals surface area contributed by atoms with Gasteiger partial charge in [0.1, 0.15) is 0 Å². The Kier molecular flexibility index (Phi) is 8.69. The number of hydrogen-bond acceptors (Lipinski definition) is 3. The number of aliphatic imine (C=N–C) groups is 1. The summed E-state index contributed by atoms with van der Waals surface area (Å²) in [5.74, 6) is 1.59. The van der Waals surface area contributed by atoms with Crippen LogP contribution < -0.4 is 10.6 Å². The first kappa shape index (κ1) is 18.2. The second-order valence-corrected chi connectivity index (χ2v) is 6.09. The smallest absolute Gasteiger partial charge is 0.191 e. The molecule has 2 N–H and O–H groups in total. The van der Waals surface area contributed by atoms with Crippen LogP contribution in [0.2, 0.25) is 0 Å². The molecule has 1 aliphatic rings. The summed E-state index contributed by atoms with van der Waals surface area (Å²) in [4.78, 5) is 7.18. The highest BCUT2D eigenvalue weighted by molar-refractivity contribution is 5.80. The van der Waals surface area contributed by atoms with Crippen LogP contribution in [-0.2, 0) is 4.74 Å². The molecule has 1 rings (SSSR count). The minimum atomic E-state index is 0.483. The maximum atomic E-state index is 5.35. The molecule has 1 aliphatic heterocycles. The molecule has 1 saturated heterocycles. The molecular formula is C16H34N4O. The maximum Gasteiger partial charge on any atom is 0.191 e. The fraction of sp³-hybridized carbons (Fsp3) is 0.938. The Bertz CT molecular complexity index is 307. The van der Waals surface area contributed by atoms with Crippen LogP contribution in [0.4, 0.5) is 0 Å². The Labute approximate surface area is 130 Å². The van der Waals surface area contributed by atoms with E-state index in [4.69, 9.17) is 4.74 Å². The van der Waals surface area contributed by atoms with E-state index in [1.165, 1.54) is 6.54 Å². The molecule has 0 amide bonds. The minimum absolute atomic E-state index is 0.483. The summed E-state index contributed by atoms with van der Waals surface area (Å²) in [6.45, 7) is 16.5. The van der Waals surface area contributed by atoms with Gasteiger partial charge in [-0.15, -0.1) is 0 Å². The van der Waals surface area contributed by atoms with E-state index in [0.29, 0.717) is 18.0 Å². The Morgan fingerprint density at radius 3 is 2.67 bits per heavy atom. The van der Waals surface area contributed by atoms with E-state index in [1.54, 1.807) is 0 Å². The van der Waals surface area contributed by atoms with Gasteiger partial charge < -0.3 is 15.4 Å². The molecule has 5 nitrogen and oxygen atoms in total. The number of nitrogens with zero attached hydrogens (tertiary/aromatic N) is 2. The van der Waals surface area contributed by atoms with Crippen molar-refractivity contribution in [1.82, 2.24) is 15.5 Å². The van der Waals surface area contributed by atoms with Crippen LogP contribution in [0.5, 0.6) is 0 Å². The molecule has 0 aromatic carbocycles. The molecular weight excluding hydrogens is 264 g/mol. The molecule has 2 atom stereocenters. The van der Waals surface area contributed by atoms with Crippen LogP contribution in [0.3, 0.4) is 0 Å². The van der Waals surface area contributed by atoms with Gasteiger partial charge in [0.05, 0.1) is 0 Å². The van der Waals surface area contributed by atoms with Gasteiger partial charge in [-0.3, -0.25) is 9.89 Å². The van der Waals surface area contributed by atoms with Crippen LogP contribution in [0, 0.1) is 5.92 Å². The zero-order valence-corrected chi connectivity index (χ0v) is 14.5. The highest BCUT2D eigenvalue weighted by atomic mass is 16.5. The van der Waals surface area contributed by atoms with Gasteiger partial charge in [0.25, 0.3) is 0 Å². The van der Waals surface area contributed by atoms with Crippen molar-refractivity contribution in [2.75, 3.05) is 39.4 Å². The molecule has 1 fully saturated rings. The van der Waals surface area contributed by atoms with Crippen LogP contribution in [0.1, 0.15) is 41.0 Å². The van der Waals surface area contributed by atoms with E-state index < -0.39 is 0 Å². The van der Waals surface area contributed by atoms with Crippen molar-refractivity contribution in [1.29, 1.82) is 0 Å². The molecule has 2 unspecified atom stereocenters. The van der Waals surface area contributed by atoms with Gasteiger partial charge in [-0.2, -0.15) is 0 Å². The second kappa shape index (κ2) is 10.0. The number of ether oxygens (including phenoxy) is 1. The predicted octanol–water partition coefficient (Wildman–Crippen LogP) is 1.70. The predicted molar refractivity (Wildman–Crippen MR) is 89.9 cm³/mol. The Morgan fingerprint density at radius 1 is 1.33 bits per heavy atom. The van der Waals surface area contributed by atoms with Crippen LogP contribution >= 0.6 is 0 Å².